The van der Waals surface area contributed by atoms with E-state index in [9.17, 15) is 8.42 Å². The van der Waals surface area contributed by atoms with Crippen molar-refractivity contribution in [3.63, 3.8) is 0 Å². The Bertz CT molecular complexity index is 603. The number of rotatable bonds is 4. The molecule has 2 aliphatic rings. The summed E-state index contributed by atoms with van der Waals surface area (Å²) in [5.41, 5.74) is 0.711. The Balaban J connectivity index is 1.76. The molecule has 1 aromatic carbocycles. The van der Waals surface area contributed by atoms with E-state index < -0.39 is 10.0 Å². The fraction of sp³-hybridized carbons (Fsp3) is 0.600. The quantitative estimate of drug-likeness (QED) is 0.887. The Morgan fingerprint density at radius 3 is 2.81 bits per heavy atom. The number of piperidine rings is 1. The van der Waals surface area contributed by atoms with Crippen molar-refractivity contribution < 1.29 is 8.42 Å². The summed E-state index contributed by atoms with van der Waals surface area (Å²) in [5.74, 6) is 0. The molecule has 0 aliphatic carbocycles. The van der Waals surface area contributed by atoms with Crippen molar-refractivity contribution in [2.24, 2.45) is 0 Å². The van der Waals surface area contributed by atoms with Crippen LogP contribution in [0, 0.1) is 0 Å². The number of sulfonamides is 1. The lowest BCUT2D eigenvalue weighted by Gasteiger charge is -2.35. The van der Waals surface area contributed by atoms with Gasteiger partial charge >= 0.3 is 0 Å². The first-order valence-electron chi connectivity index (χ1n) is 7.63. The average Bonchev–Trinajstić information content (AvgIpc) is 2.95. The number of benzene rings is 1. The average molecular weight is 309 g/mol. The number of anilines is 1. The monoisotopic (exact) mass is 309 g/mol. The topological polar surface area (TPSA) is 61.4 Å². The molecule has 1 aromatic rings. The maximum absolute atomic E-state index is 12.1. The minimum atomic E-state index is -3.42. The van der Waals surface area contributed by atoms with Gasteiger partial charge in [-0.1, -0.05) is 12.1 Å². The van der Waals surface area contributed by atoms with Gasteiger partial charge < -0.3 is 10.2 Å². The fourth-order valence-electron chi connectivity index (χ4n) is 3.51. The molecular weight excluding hydrogens is 286 g/mol. The van der Waals surface area contributed by atoms with Crippen LogP contribution in [0.3, 0.4) is 0 Å². The number of fused-ring (bicyclic) bond motifs is 1. The maximum Gasteiger partial charge on any atom is 0.242 e. The minimum Gasteiger partial charge on any atom is -0.381 e. The van der Waals surface area contributed by atoms with Crippen LogP contribution in [0.25, 0.3) is 0 Å². The molecule has 2 N–H and O–H groups in total. The van der Waals surface area contributed by atoms with Gasteiger partial charge in [0.25, 0.3) is 0 Å². The van der Waals surface area contributed by atoms with Crippen LogP contribution >= 0.6 is 0 Å². The zero-order valence-electron chi connectivity index (χ0n) is 12.4. The first-order valence-corrected chi connectivity index (χ1v) is 9.11. The SMILES string of the molecule is CNS(=O)(=O)c1ccccc1NC1CCN2CCCC2C1. The number of hydrogen-bond donors (Lipinski definition) is 2. The summed E-state index contributed by atoms with van der Waals surface area (Å²) in [7, 11) is -1.97. The lowest BCUT2D eigenvalue weighted by Crippen LogP contribution is -2.43. The van der Waals surface area contributed by atoms with Crippen molar-refractivity contribution in [2.75, 3.05) is 25.5 Å². The van der Waals surface area contributed by atoms with Crippen molar-refractivity contribution in [3.8, 4) is 0 Å². The molecule has 0 amide bonds. The van der Waals surface area contributed by atoms with Crippen LogP contribution in [-0.2, 0) is 10.0 Å². The first kappa shape index (κ1) is 14.8. The van der Waals surface area contributed by atoms with E-state index in [1.54, 1.807) is 12.1 Å². The summed E-state index contributed by atoms with van der Waals surface area (Å²) in [6.07, 6.45) is 4.75. The van der Waals surface area contributed by atoms with Crippen LogP contribution < -0.4 is 10.0 Å². The molecule has 0 aromatic heterocycles. The fourth-order valence-corrected chi connectivity index (χ4v) is 4.40. The van der Waals surface area contributed by atoms with E-state index in [1.807, 2.05) is 12.1 Å². The zero-order chi connectivity index (χ0) is 14.9. The normalized spacial score (nSPS) is 26.5. The highest BCUT2D eigenvalue weighted by molar-refractivity contribution is 7.89. The number of nitrogens with zero attached hydrogens (tertiary/aromatic N) is 1. The first-order chi connectivity index (χ1) is 10.1. The van der Waals surface area contributed by atoms with Gasteiger partial charge in [0.15, 0.2) is 0 Å². The van der Waals surface area contributed by atoms with Crippen molar-refractivity contribution in [3.05, 3.63) is 24.3 Å². The molecule has 2 atom stereocenters. The summed E-state index contributed by atoms with van der Waals surface area (Å²) >= 11 is 0. The molecule has 6 heteroatoms. The lowest BCUT2D eigenvalue weighted by molar-refractivity contribution is 0.188. The van der Waals surface area contributed by atoms with E-state index in [1.165, 1.54) is 26.4 Å². The molecule has 0 spiro atoms. The highest BCUT2D eigenvalue weighted by Crippen LogP contribution is 2.30. The minimum absolute atomic E-state index is 0.335. The molecule has 2 unspecified atom stereocenters. The van der Waals surface area contributed by atoms with Crippen LogP contribution in [0.4, 0.5) is 5.69 Å². The highest BCUT2D eigenvalue weighted by atomic mass is 32.2. The van der Waals surface area contributed by atoms with Gasteiger partial charge in [-0.2, -0.15) is 0 Å². The summed E-state index contributed by atoms with van der Waals surface area (Å²) < 4.78 is 26.6. The van der Waals surface area contributed by atoms with Crippen molar-refractivity contribution in [2.45, 2.75) is 42.7 Å². The summed E-state index contributed by atoms with van der Waals surface area (Å²) in [5, 5.41) is 3.46. The highest BCUT2D eigenvalue weighted by Gasteiger charge is 2.32. The molecule has 0 radical (unpaired) electrons. The van der Waals surface area contributed by atoms with E-state index in [2.05, 4.69) is 14.9 Å². The molecule has 0 bridgehead atoms. The molecule has 2 aliphatic heterocycles. The van der Waals surface area contributed by atoms with Crippen LogP contribution in [0.15, 0.2) is 29.2 Å². The predicted molar refractivity (Wildman–Crippen MR) is 83.9 cm³/mol. The Labute approximate surface area is 126 Å². The van der Waals surface area contributed by atoms with Gasteiger partial charge in [-0.15, -0.1) is 0 Å². The van der Waals surface area contributed by atoms with Crippen molar-refractivity contribution in [1.82, 2.24) is 9.62 Å². The number of nitrogens with one attached hydrogen (secondary N) is 2. The lowest BCUT2D eigenvalue weighted by atomic mass is 9.97. The standard InChI is InChI=1S/C15H23N3O2S/c1-16-21(19,20)15-7-3-2-6-14(15)17-12-8-10-18-9-4-5-13(18)11-12/h2-3,6-7,12-13,16-17H,4-5,8-11H2,1H3. The van der Waals surface area contributed by atoms with E-state index in [0.29, 0.717) is 22.7 Å². The van der Waals surface area contributed by atoms with E-state index >= 15 is 0 Å². The largest absolute Gasteiger partial charge is 0.381 e. The smallest absolute Gasteiger partial charge is 0.242 e. The second kappa shape index (κ2) is 5.94. The van der Waals surface area contributed by atoms with E-state index in [-0.39, 0.29) is 0 Å². The second-order valence-corrected chi connectivity index (χ2v) is 7.76. The Hall–Kier alpha value is -1.11. The molecule has 2 fully saturated rings. The molecular formula is C15H23N3O2S. The number of para-hydroxylation sites is 1. The second-order valence-electron chi connectivity index (χ2n) is 5.90. The van der Waals surface area contributed by atoms with Gasteiger partial charge in [0, 0.05) is 18.6 Å². The maximum atomic E-state index is 12.1. The number of hydrogen-bond acceptors (Lipinski definition) is 4. The van der Waals surface area contributed by atoms with Gasteiger partial charge in [0.1, 0.15) is 4.90 Å². The molecule has 2 heterocycles. The Kier molecular flexibility index (Phi) is 4.19. The third-order valence-electron chi connectivity index (χ3n) is 4.63. The van der Waals surface area contributed by atoms with Crippen molar-refractivity contribution >= 4 is 15.7 Å². The molecule has 2 saturated heterocycles. The zero-order valence-corrected chi connectivity index (χ0v) is 13.2. The van der Waals surface area contributed by atoms with Crippen LogP contribution in [0.1, 0.15) is 25.7 Å². The van der Waals surface area contributed by atoms with E-state index in [0.717, 1.165) is 19.4 Å². The van der Waals surface area contributed by atoms with Crippen LogP contribution in [0.5, 0.6) is 0 Å². The van der Waals surface area contributed by atoms with Gasteiger partial charge in [-0.3, -0.25) is 0 Å². The van der Waals surface area contributed by atoms with Crippen LogP contribution in [-0.4, -0.2) is 45.5 Å². The van der Waals surface area contributed by atoms with Gasteiger partial charge in [0.05, 0.1) is 5.69 Å². The van der Waals surface area contributed by atoms with Gasteiger partial charge in [0.2, 0.25) is 10.0 Å². The van der Waals surface area contributed by atoms with E-state index in [4.69, 9.17) is 0 Å². The summed E-state index contributed by atoms with van der Waals surface area (Å²) in [6.45, 7) is 2.34. The third-order valence-corrected chi connectivity index (χ3v) is 6.10. The van der Waals surface area contributed by atoms with Crippen molar-refractivity contribution in [1.29, 1.82) is 0 Å². The molecule has 21 heavy (non-hydrogen) atoms. The third kappa shape index (κ3) is 3.07. The van der Waals surface area contributed by atoms with Gasteiger partial charge in [-0.25, -0.2) is 13.1 Å². The summed E-state index contributed by atoms with van der Waals surface area (Å²) in [4.78, 5) is 2.90. The Morgan fingerprint density at radius 1 is 1.19 bits per heavy atom. The molecule has 0 saturated carbocycles. The van der Waals surface area contributed by atoms with Gasteiger partial charge in [-0.05, 0) is 51.4 Å². The molecule has 116 valence electrons. The van der Waals surface area contributed by atoms with Crippen LogP contribution in [0.2, 0.25) is 0 Å². The Morgan fingerprint density at radius 2 is 2.00 bits per heavy atom. The molecule has 5 nitrogen and oxygen atoms in total. The predicted octanol–water partition coefficient (Wildman–Crippen LogP) is 1.63. The molecule has 3 rings (SSSR count). The summed E-state index contributed by atoms with van der Waals surface area (Å²) in [6, 6.07) is 8.17.